The molecule has 0 aliphatic rings. The van der Waals surface area contributed by atoms with Crippen LogP contribution < -0.4 is 0 Å². The Morgan fingerprint density at radius 2 is 1.62 bits per heavy atom. The van der Waals surface area contributed by atoms with E-state index in [4.69, 9.17) is 15.6 Å². The largest absolute Gasteiger partial charge is 0.481 e. The number of carbonyl (C=O) groups is 2. The molecule has 0 unspecified atom stereocenters. The average Bonchev–Trinajstić information content (AvgIpc) is 2.42. The van der Waals surface area contributed by atoms with Crippen LogP contribution in [0.2, 0.25) is 0 Å². The number of nitrogens with zero attached hydrogens (tertiary/aromatic N) is 4. The Labute approximate surface area is 125 Å². The predicted molar refractivity (Wildman–Crippen MR) is 76.0 cm³/mol. The van der Waals surface area contributed by atoms with Gasteiger partial charge in [-0.2, -0.15) is 10.5 Å². The highest BCUT2D eigenvalue weighted by atomic mass is 16.4. The zero-order valence-electron chi connectivity index (χ0n) is 12.6. The molecule has 0 aliphatic carbocycles. The lowest BCUT2D eigenvalue weighted by atomic mass is 10.2. The quantitative estimate of drug-likeness (QED) is 0.639. The topological polar surface area (TPSA) is 108 Å². The maximum Gasteiger partial charge on any atom is 0.304 e. The number of hydrogen-bond acceptors (Lipinski definition) is 5. The van der Waals surface area contributed by atoms with Gasteiger partial charge in [-0.15, -0.1) is 0 Å². The molecule has 0 saturated heterocycles. The van der Waals surface area contributed by atoms with Gasteiger partial charge in [-0.1, -0.05) is 0 Å². The monoisotopic (exact) mass is 294 g/mol. The van der Waals surface area contributed by atoms with Crippen molar-refractivity contribution in [3.05, 3.63) is 0 Å². The maximum atomic E-state index is 12.2. The minimum absolute atomic E-state index is 0.0259. The summed E-state index contributed by atoms with van der Waals surface area (Å²) in [6.07, 6.45) is 0.407. The zero-order valence-corrected chi connectivity index (χ0v) is 12.6. The van der Waals surface area contributed by atoms with Gasteiger partial charge < -0.3 is 10.0 Å². The summed E-state index contributed by atoms with van der Waals surface area (Å²) in [7, 11) is 0. The normalized spacial score (nSPS) is 10.2. The van der Waals surface area contributed by atoms with Crippen LogP contribution in [0.15, 0.2) is 0 Å². The van der Waals surface area contributed by atoms with E-state index < -0.39 is 5.97 Å². The summed E-state index contributed by atoms with van der Waals surface area (Å²) in [6.45, 7) is 4.77. The van der Waals surface area contributed by atoms with Crippen molar-refractivity contribution in [1.82, 2.24) is 9.80 Å². The Morgan fingerprint density at radius 1 is 1.10 bits per heavy atom. The van der Waals surface area contributed by atoms with Crippen LogP contribution >= 0.6 is 0 Å². The molecule has 0 aliphatic heterocycles. The van der Waals surface area contributed by atoms with Crippen molar-refractivity contribution < 1.29 is 14.7 Å². The van der Waals surface area contributed by atoms with E-state index in [1.54, 1.807) is 4.90 Å². The molecule has 0 radical (unpaired) electrons. The summed E-state index contributed by atoms with van der Waals surface area (Å²) >= 11 is 0. The van der Waals surface area contributed by atoms with E-state index in [2.05, 4.69) is 0 Å². The van der Waals surface area contributed by atoms with E-state index in [0.717, 1.165) is 0 Å². The molecule has 21 heavy (non-hydrogen) atoms. The van der Waals surface area contributed by atoms with Gasteiger partial charge >= 0.3 is 5.97 Å². The number of carboxylic acids is 1. The lowest BCUT2D eigenvalue weighted by molar-refractivity contribution is -0.139. The summed E-state index contributed by atoms with van der Waals surface area (Å²) in [5.74, 6) is -1.08. The third kappa shape index (κ3) is 8.61. The molecular weight excluding hydrogens is 272 g/mol. The summed E-state index contributed by atoms with van der Waals surface area (Å²) in [4.78, 5) is 26.1. The maximum absolute atomic E-state index is 12.2. The van der Waals surface area contributed by atoms with E-state index >= 15 is 0 Å². The number of nitriles is 2. The molecule has 1 amide bonds. The highest BCUT2D eigenvalue weighted by molar-refractivity contribution is 5.78. The fourth-order valence-electron chi connectivity index (χ4n) is 1.76. The van der Waals surface area contributed by atoms with Crippen LogP contribution in [0.4, 0.5) is 0 Å². The van der Waals surface area contributed by atoms with Crippen LogP contribution in [0, 0.1) is 22.7 Å². The van der Waals surface area contributed by atoms with Crippen molar-refractivity contribution in [1.29, 1.82) is 10.5 Å². The summed E-state index contributed by atoms with van der Waals surface area (Å²) in [6, 6.07) is 4.00. The van der Waals surface area contributed by atoms with Gasteiger partial charge in [0.1, 0.15) is 0 Å². The molecule has 0 rings (SSSR count). The Morgan fingerprint density at radius 3 is 2.00 bits per heavy atom. The number of aliphatic carboxylic acids is 1. The first-order chi connectivity index (χ1) is 9.92. The lowest BCUT2D eigenvalue weighted by Crippen LogP contribution is -2.44. The Hall–Kier alpha value is -2.12. The molecule has 0 aromatic rings. The summed E-state index contributed by atoms with van der Waals surface area (Å²) in [5.41, 5.74) is 0. The summed E-state index contributed by atoms with van der Waals surface area (Å²) in [5, 5.41) is 25.9. The number of rotatable bonds is 10. The van der Waals surface area contributed by atoms with Crippen molar-refractivity contribution in [2.24, 2.45) is 0 Å². The van der Waals surface area contributed by atoms with Gasteiger partial charge in [-0.05, 0) is 13.8 Å². The Balaban J connectivity index is 4.62. The van der Waals surface area contributed by atoms with Crippen molar-refractivity contribution in [3.63, 3.8) is 0 Å². The number of amides is 1. The van der Waals surface area contributed by atoms with Gasteiger partial charge in [0.05, 0.1) is 37.9 Å². The number of carboxylic acid groups (broad SMARTS) is 1. The van der Waals surface area contributed by atoms with Crippen molar-refractivity contribution in [2.75, 3.05) is 26.2 Å². The van der Waals surface area contributed by atoms with Crippen LogP contribution in [-0.4, -0.2) is 59.0 Å². The van der Waals surface area contributed by atoms with Crippen molar-refractivity contribution in [3.8, 4) is 12.1 Å². The molecule has 0 heterocycles. The average molecular weight is 294 g/mol. The van der Waals surface area contributed by atoms with E-state index in [-0.39, 0.29) is 37.8 Å². The Bertz CT molecular complexity index is 405. The first kappa shape index (κ1) is 18.9. The number of hydrogen-bond donors (Lipinski definition) is 1. The first-order valence-electron chi connectivity index (χ1n) is 6.89. The van der Waals surface area contributed by atoms with E-state index in [1.165, 1.54) is 4.90 Å². The Kier molecular flexibility index (Phi) is 9.57. The standard InChI is InChI=1S/C14H22N4O3/c1-12(2)18(10-5-14(20)21)11-13(19)17(8-3-6-15)9-4-7-16/h12H,3-5,8-11H2,1-2H3,(H,20,21). The van der Waals surface area contributed by atoms with E-state index in [9.17, 15) is 9.59 Å². The smallest absolute Gasteiger partial charge is 0.304 e. The van der Waals surface area contributed by atoms with Crippen LogP contribution in [-0.2, 0) is 9.59 Å². The highest BCUT2D eigenvalue weighted by Crippen LogP contribution is 2.03. The molecule has 7 heteroatoms. The molecule has 0 saturated carbocycles. The van der Waals surface area contributed by atoms with Crippen LogP contribution in [0.25, 0.3) is 0 Å². The highest BCUT2D eigenvalue weighted by Gasteiger charge is 2.19. The molecule has 1 N–H and O–H groups in total. The zero-order chi connectivity index (χ0) is 16.3. The van der Waals surface area contributed by atoms with Gasteiger partial charge in [0.15, 0.2) is 0 Å². The molecule has 0 fully saturated rings. The fraction of sp³-hybridized carbons (Fsp3) is 0.714. The predicted octanol–water partition coefficient (Wildman–Crippen LogP) is 0.827. The molecule has 0 atom stereocenters. The molecule has 0 spiro atoms. The van der Waals surface area contributed by atoms with Crippen molar-refractivity contribution >= 4 is 11.9 Å². The van der Waals surface area contributed by atoms with E-state index in [1.807, 2.05) is 26.0 Å². The molecule has 116 valence electrons. The van der Waals surface area contributed by atoms with E-state index in [0.29, 0.717) is 19.6 Å². The fourth-order valence-corrected chi connectivity index (χ4v) is 1.76. The minimum atomic E-state index is -0.904. The van der Waals surface area contributed by atoms with Crippen LogP contribution in [0.1, 0.15) is 33.1 Å². The SMILES string of the molecule is CC(C)N(CCC(=O)O)CC(=O)N(CCC#N)CCC#N. The second-order valence-electron chi connectivity index (χ2n) is 4.90. The van der Waals surface area contributed by atoms with Gasteiger partial charge in [0, 0.05) is 25.7 Å². The minimum Gasteiger partial charge on any atom is -0.481 e. The molecular formula is C14H22N4O3. The van der Waals surface area contributed by atoms with Gasteiger partial charge in [-0.3, -0.25) is 14.5 Å². The molecule has 0 aromatic carbocycles. The van der Waals surface area contributed by atoms with Gasteiger partial charge in [-0.25, -0.2) is 0 Å². The summed E-state index contributed by atoms with van der Waals surface area (Å²) < 4.78 is 0. The van der Waals surface area contributed by atoms with Gasteiger partial charge in [0.25, 0.3) is 0 Å². The van der Waals surface area contributed by atoms with Gasteiger partial charge in [0.2, 0.25) is 5.91 Å². The molecule has 7 nitrogen and oxygen atoms in total. The lowest BCUT2D eigenvalue weighted by Gasteiger charge is -2.28. The second kappa shape index (κ2) is 10.6. The third-order valence-corrected chi connectivity index (χ3v) is 3.02. The van der Waals surface area contributed by atoms with Crippen LogP contribution in [0.5, 0.6) is 0 Å². The second-order valence-corrected chi connectivity index (χ2v) is 4.90. The third-order valence-electron chi connectivity index (χ3n) is 3.02. The number of carbonyl (C=O) groups excluding carboxylic acids is 1. The van der Waals surface area contributed by atoms with Crippen molar-refractivity contribution in [2.45, 2.75) is 39.2 Å². The van der Waals surface area contributed by atoms with Crippen LogP contribution in [0.3, 0.4) is 0 Å². The molecule has 0 aromatic heterocycles. The first-order valence-corrected chi connectivity index (χ1v) is 6.89. The molecule has 0 bridgehead atoms.